The van der Waals surface area contributed by atoms with Crippen molar-refractivity contribution < 1.29 is 4.79 Å². The Morgan fingerprint density at radius 3 is 2.40 bits per heavy atom. The lowest BCUT2D eigenvalue weighted by Gasteiger charge is -2.19. The summed E-state index contributed by atoms with van der Waals surface area (Å²) >= 11 is 0. The number of rotatable bonds is 4. The van der Waals surface area contributed by atoms with Crippen molar-refractivity contribution in [3.63, 3.8) is 0 Å². The molecule has 3 rings (SSSR count). The Balaban J connectivity index is 1.60. The Labute approximate surface area is 149 Å². The molecule has 0 spiro atoms. The lowest BCUT2D eigenvalue weighted by molar-refractivity contribution is -0.122. The summed E-state index contributed by atoms with van der Waals surface area (Å²) in [6, 6.07) is 14.4. The standard InChI is InChI=1S/C20H26N4O/c1-13(15-7-10-17-18(11-15)23-24-22-17)19(25)21-12-14-5-8-16(9-6-14)20(2,3)4/h5-11,13,22-24H,12H2,1-4H3,(H,21,25). The molecule has 25 heavy (non-hydrogen) atoms. The first-order valence-electron chi connectivity index (χ1n) is 8.63. The van der Waals surface area contributed by atoms with Gasteiger partial charge in [0.15, 0.2) is 0 Å². The second-order valence-electron chi connectivity index (χ2n) is 7.57. The largest absolute Gasteiger partial charge is 0.352 e. The minimum absolute atomic E-state index is 0.0266. The highest BCUT2D eigenvalue weighted by molar-refractivity contribution is 5.84. The summed E-state index contributed by atoms with van der Waals surface area (Å²) in [5.74, 6) is -0.180. The molecule has 1 unspecified atom stereocenters. The van der Waals surface area contributed by atoms with Crippen LogP contribution in [0.3, 0.4) is 0 Å². The molecule has 0 saturated heterocycles. The minimum Gasteiger partial charge on any atom is -0.352 e. The maximum absolute atomic E-state index is 12.5. The van der Waals surface area contributed by atoms with Gasteiger partial charge in [0.2, 0.25) is 5.91 Å². The van der Waals surface area contributed by atoms with E-state index in [0.29, 0.717) is 6.54 Å². The zero-order valence-electron chi connectivity index (χ0n) is 15.2. The van der Waals surface area contributed by atoms with Crippen LogP contribution in [-0.4, -0.2) is 5.91 Å². The lowest BCUT2D eigenvalue weighted by atomic mass is 9.87. The molecule has 1 amide bonds. The van der Waals surface area contributed by atoms with Crippen LogP contribution in [0.2, 0.25) is 0 Å². The molecule has 5 heteroatoms. The number of carbonyl (C=O) groups is 1. The van der Waals surface area contributed by atoms with Crippen LogP contribution in [0.15, 0.2) is 42.5 Å². The van der Waals surface area contributed by atoms with Gasteiger partial charge in [-0.1, -0.05) is 51.1 Å². The molecule has 5 nitrogen and oxygen atoms in total. The number of hydrazine groups is 2. The monoisotopic (exact) mass is 338 g/mol. The first-order chi connectivity index (χ1) is 11.8. The summed E-state index contributed by atoms with van der Waals surface area (Å²) in [6.07, 6.45) is 0. The highest BCUT2D eigenvalue weighted by Crippen LogP contribution is 2.28. The average molecular weight is 338 g/mol. The van der Waals surface area contributed by atoms with E-state index in [0.717, 1.165) is 22.5 Å². The maximum atomic E-state index is 12.5. The summed E-state index contributed by atoms with van der Waals surface area (Å²) < 4.78 is 0. The molecule has 0 radical (unpaired) electrons. The van der Waals surface area contributed by atoms with Crippen LogP contribution >= 0.6 is 0 Å². The number of amides is 1. The summed E-state index contributed by atoms with van der Waals surface area (Å²) in [5, 5.41) is 3.03. The predicted molar refractivity (Wildman–Crippen MR) is 102 cm³/mol. The van der Waals surface area contributed by atoms with Gasteiger partial charge in [-0.25, -0.2) is 0 Å². The van der Waals surface area contributed by atoms with E-state index in [4.69, 9.17) is 0 Å². The number of carbonyl (C=O) groups excluding carboxylic acids is 1. The van der Waals surface area contributed by atoms with Crippen molar-refractivity contribution in [2.24, 2.45) is 0 Å². The average Bonchev–Trinajstić information content (AvgIpc) is 3.06. The molecule has 2 aromatic carbocycles. The van der Waals surface area contributed by atoms with E-state index in [1.54, 1.807) is 0 Å². The second kappa shape index (κ2) is 6.76. The SMILES string of the molecule is CC(C(=O)NCc1ccc(C(C)(C)C)cc1)c1ccc2c(c1)NNN2. The van der Waals surface area contributed by atoms with Gasteiger partial charge in [-0.15, -0.1) is 5.53 Å². The summed E-state index contributed by atoms with van der Waals surface area (Å²) in [5.41, 5.74) is 14.3. The van der Waals surface area contributed by atoms with Gasteiger partial charge < -0.3 is 16.2 Å². The van der Waals surface area contributed by atoms with E-state index in [-0.39, 0.29) is 17.2 Å². The zero-order chi connectivity index (χ0) is 18.0. The van der Waals surface area contributed by atoms with Crippen molar-refractivity contribution in [2.45, 2.75) is 45.6 Å². The summed E-state index contributed by atoms with van der Waals surface area (Å²) in [6.45, 7) is 9.06. The van der Waals surface area contributed by atoms with Gasteiger partial charge in [-0.2, -0.15) is 0 Å². The predicted octanol–water partition coefficient (Wildman–Crippen LogP) is 3.66. The third-order valence-electron chi connectivity index (χ3n) is 4.62. The van der Waals surface area contributed by atoms with Crippen molar-refractivity contribution in [1.82, 2.24) is 10.9 Å². The third-order valence-corrected chi connectivity index (χ3v) is 4.62. The fraction of sp³-hybridized carbons (Fsp3) is 0.350. The van der Waals surface area contributed by atoms with Crippen LogP contribution in [0.1, 0.15) is 50.3 Å². The van der Waals surface area contributed by atoms with Gasteiger partial charge in [0.1, 0.15) is 0 Å². The normalized spacial score (nSPS) is 14.2. The highest BCUT2D eigenvalue weighted by Gasteiger charge is 2.18. The summed E-state index contributed by atoms with van der Waals surface area (Å²) in [7, 11) is 0. The molecule has 1 aliphatic rings. The molecule has 1 heterocycles. The van der Waals surface area contributed by atoms with Gasteiger partial charge in [0.05, 0.1) is 17.3 Å². The molecular formula is C20H26N4O. The first kappa shape index (κ1) is 17.3. The number of nitrogens with one attached hydrogen (secondary N) is 4. The van der Waals surface area contributed by atoms with Gasteiger partial charge in [-0.3, -0.25) is 4.79 Å². The Hall–Kier alpha value is -2.53. The molecule has 1 atom stereocenters. The number of fused-ring (bicyclic) bond motifs is 1. The maximum Gasteiger partial charge on any atom is 0.227 e. The van der Waals surface area contributed by atoms with E-state index in [1.807, 2.05) is 25.1 Å². The smallest absolute Gasteiger partial charge is 0.227 e. The molecular weight excluding hydrogens is 312 g/mol. The van der Waals surface area contributed by atoms with Crippen molar-refractivity contribution in [1.29, 1.82) is 0 Å². The van der Waals surface area contributed by atoms with E-state index in [9.17, 15) is 4.79 Å². The van der Waals surface area contributed by atoms with Crippen LogP contribution in [-0.2, 0) is 16.8 Å². The summed E-state index contributed by atoms with van der Waals surface area (Å²) in [4.78, 5) is 12.5. The molecule has 0 saturated carbocycles. The Morgan fingerprint density at radius 1 is 1.04 bits per heavy atom. The van der Waals surface area contributed by atoms with Crippen molar-refractivity contribution in [2.75, 3.05) is 10.9 Å². The molecule has 0 aliphatic carbocycles. The van der Waals surface area contributed by atoms with Crippen LogP contribution < -0.4 is 21.7 Å². The van der Waals surface area contributed by atoms with Gasteiger partial charge >= 0.3 is 0 Å². The molecule has 4 N–H and O–H groups in total. The number of benzene rings is 2. The van der Waals surface area contributed by atoms with E-state index in [2.05, 4.69) is 66.7 Å². The molecule has 1 aliphatic heterocycles. The van der Waals surface area contributed by atoms with Crippen LogP contribution in [0.5, 0.6) is 0 Å². The van der Waals surface area contributed by atoms with Crippen molar-refractivity contribution in [3.05, 3.63) is 59.2 Å². The zero-order valence-corrected chi connectivity index (χ0v) is 15.2. The Kier molecular flexibility index (Phi) is 4.68. The van der Waals surface area contributed by atoms with Crippen LogP contribution in [0, 0.1) is 0 Å². The van der Waals surface area contributed by atoms with Gasteiger partial charge in [0, 0.05) is 6.54 Å². The highest BCUT2D eigenvalue weighted by atomic mass is 16.1. The molecule has 0 fully saturated rings. The van der Waals surface area contributed by atoms with Crippen molar-refractivity contribution >= 4 is 17.3 Å². The number of hydrogen-bond acceptors (Lipinski definition) is 4. The van der Waals surface area contributed by atoms with Gasteiger partial charge in [-0.05, 0) is 41.2 Å². The quantitative estimate of drug-likeness (QED) is 0.687. The second-order valence-corrected chi connectivity index (χ2v) is 7.57. The van der Waals surface area contributed by atoms with Crippen molar-refractivity contribution in [3.8, 4) is 0 Å². The van der Waals surface area contributed by atoms with E-state index >= 15 is 0 Å². The minimum atomic E-state index is -0.207. The van der Waals surface area contributed by atoms with E-state index in [1.165, 1.54) is 5.56 Å². The molecule has 132 valence electrons. The molecule has 2 aromatic rings. The lowest BCUT2D eigenvalue weighted by Crippen LogP contribution is -2.27. The van der Waals surface area contributed by atoms with E-state index < -0.39 is 0 Å². The first-order valence-corrected chi connectivity index (χ1v) is 8.63. The van der Waals surface area contributed by atoms with Gasteiger partial charge in [0.25, 0.3) is 0 Å². The molecule has 0 bridgehead atoms. The topological polar surface area (TPSA) is 65.2 Å². The molecule has 0 aromatic heterocycles. The third kappa shape index (κ3) is 3.94. The van der Waals surface area contributed by atoms with Crippen LogP contribution in [0.4, 0.5) is 11.4 Å². The number of hydrogen-bond donors (Lipinski definition) is 4. The fourth-order valence-corrected chi connectivity index (χ4v) is 2.83. The number of anilines is 2. The Morgan fingerprint density at radius 2 is 1.72 bits per heavy atom. The Bertz CT molecular complexity index is 762. The fourth-order valence-electron chi connectivity index (χ4n) is 2.83. The van der Waals surface area contributed by atoms with Crippen LogP contribution in [0.25, 0.3) is 0 Å².